The van der Waals surface area contributed by atoms with Crippen LogP contribution in [0.3, 0.4) is 0 Å². The molecule has 4 bridgehead atoms. The molecule has 4 amide bonds. The smallest absolute Gasteiger partial charge is 0.238 e. The minimum absolute atomic E-state index is 0.0817. The van der Waals surface area contributed by atoms with E-state index in [1.54, 1.807) is 0 Å². The molecule has 37 heavy (non-hydrogen) atoms. The fourth-order valence-corrected chi connectivity index (χ4v) is 8.74. The quantitative estimate of drug-likeness (QED) is 0.405. The van der Waals surface area contributed by atoms with Gasteiger partial charge in [-0.25, -0.2) is 9.80 Å². The molecule has 2 aromatic carbocycles. The van der Waals surface area contributed by atoms with Crippen LogP contribution >= 0.6 is 0 Å². The van der Waals surface area contributed by atoms with Gasteiger partial charge in [-0.2, -0.15) is 0 Å². The highest BCUT2D eigenvalue weighted by molar-refractivity contribution is 6.24. The highest BCUT2D eigenvalue weighted by Crippen LogP contribution is 2.55. The Hall–Kier alpha value is -3.80. The Kier molecular flexibility index (Phi) is 3.59. The molecule has 2 aliphatic heterocycles. The van der Waals surface area contributed by atoms with E-state index in [1.807, 2.05) is 36.4 Å². The molecule has 182 valence electrons. The molecule has 0 N–H and O–H groups in total. The van der Waals surface area contributed by atoms with Gasteiger partial charge >= 0.3 is 0 Å². The van der Waals surface area contributed by atoms with Gasteiger partial charge in [-0.15, -0.1) is 0 Å². The molecule has 6 nitrogen and oxygen atoms in total. The van der Waals surface area contributed by atoms with Crippen LogP contribution in [-0.2, 0) is 25.6 Å². The number of carbonyl (C=O) groups is 4. The number of amides is 4. The van der Waals surface area contributed by atoms with Crippen molar-refractivity contribution in [3.8, 4) is 11.1 Å². The number of nitrogens with zero attached hydrogens (tertiary/aromatic N) is 2. The molecule has 4 fully saturated rings. The van der Waals surface area contributed by atoms with Gasteiger partial charge in [-0.1, -0.05) is 36.4 Å². The minimum atomic E-state index is -0.230. The van der Waals surface area contributed by atoms with E-state index in [0.717, 1.165) is 41.5 Å². The molecule has 9 rings (SSSR count). The van der Waals surface area contributed by atoms with Crippen molar-refractivity contribution in [1.82, 2.24) is 0 Å². The summed E-state index contributed by atoms with van der Waals surface area (Å²) in [5.41, 5.74) is 5.41. The van der Waals surface area contributed by atoms with Gasteiger partial charge in [0, 0.05) is 0 Å². The van der Waals surface area contributed by atoms with Crippen molar-refractivity contribution in [1.29, 1.82) is 0 Å². The van der Waals surface area contributed by atoms with Crippen LogP contribution in [0, 0.1) is 47.3 Å². The molecule has 0 aromatic heterocycles. The molecule has 6 heteroatoms. The average Bonchev–Trinajstić information content (AvgIpc) is 3.74. The van der Waals surface area contributed by atoms with E-state index in [9.17, 15) is 19.2 Å². The third-order valence-electron chi connectivity index (χ3n) is 10.3. The zero-order valence-electron chi connectivity index (χ0n) is 20.0. The zero-order chi connectivity index (χ0) is 24.7. The number of fused-ring (bicyclic) bond motifs is 13. The van der Waals surface area contributed by atoms with E-state index in [0.29, 0.717) is 11.4 Å². The monoisotopic (exact) mass is 488 g/mol. The lowest BCUT2D eigenvalue weighted by Gasteiger charge is -2.19. The molecule has 5 aliphatic carbocycles. The Morgan fingerprint density at radius 2 is 0.865 bits per heavy atom. The Morgan fingerprint density at radius 1 is 0.514 bits per heavy atom. The molecule has 2 saturated heterocycles. The van der Waals surface area contributed by atoms with E-state index >= 15 is 0 Å². The summed E-state index contributed by atoms with van der Waals surface area (Å²) < 4.78 is 0. The summed E-state index contributed by atoms with van der Waals surface area (Å²) in [6.07, 6.45) is 11.0. The lowest BCUT2D eigenvalue weighted by Crippen LogP contribution is -2.33. The molecule has 0 radical (unpaired) electrons. The van der Waals surface area contributed by atoms with Crippen molar-refractivity contribution < 1.29 is 19.2 Å². The summed E-state index contributed by atoms with van der Waals surface area (Å²) in [6.45, 7) is 0. The van der Waals surface area contributed by atoms with Crippen molar-refractivity contribution in [2.75, 3.05) is 9.80 Å². The van der Waals surface area contributed by atoms with Crippen LogP contribution in [0.15, 0.2) is 60.7 Å². The van der Waals surface area contributed by atoms with Crippen LogP contribution in [0.1, 0.15) is 24.0 Å². The fourth-order valence-electron chi connectivity index (χ4n) is 8.74. The summed E-state index contributed by atoms with van der Waals surface area (Å²) in [7, 11) is 0. The third kappa shape index (κ3) is 2.33. The molecule has 2 heterocycles. The van der Waals surface area contributed by atoms with Gasteiger partial charge < -0.3 is 0 Å². The van der Waals surface area contributed by atoms with E-state index in [4.69, 9.17) is 0 Å². The Bertz CT molecular complexity index is 1390. The van der Waals surface area contributed by atoms with Gasteiger partial charge in [0.15, 0.2) is 0 Å². The van der Waals surface area contributed by atoms with E-state index in [2.05, 4.69) is 24.3 Å². The fraction of sp³-hybridized carbons (Fsp3) is 0.355. The molecule has 8 atom stereocenters. The summed E-state index contributed by atoms with van der Waals surface area (Å²) in [5.74, 6) is -0.546. The SMILES string of the molecule is O=C1C2C3C=CC(C3)C2C(=O)N1c1ccc2c(c1)-c1cc(N3C(=O)C4C5C=CC(C5)C4C3=O)ccc1C2. The second-order valence-corrected chi connectivity index (χ2v) is 11.9. The van der Waals surface area contributed by atoms with Crippen molar-refractivity contribution in [2.24, 2.45) is 47.3 Å². The van der Waals surface area contributed by atoms with E-state index in [1.165, 1.54) is 9.80 Å². The highest BCUT2D eigenvalue weighted by Gasteiger charge is 2.60. The first-order valence-electron chi connectivity index (χ1n) is 13.4. The first-order valence-corrected chi connectivity index (χ1v) is 13.4. The summed E-state index contributed by atoms with van der Waals surface area (Å²) in [4.78, 5) is 56.3. The minimum Gasteiger partial charge on any atom is -0.274 e. The van der Waals surface area contributed by atoms with Gasteiger partial charge in [-0.3, -0.25) is 19.2 Å². The molecule has 7 aliphatic rings. The Balaban J connectivity index is 1.08. The second-order valence-electron chi connectivity index (χ2n) is 11.9. The number of anilines is 2. The maximum Gasteiger partial charge on any atom is 0.238 e. The first-order chi connectivity index (χ1) is 18.0. The maximum absolute atomic E-state index is 13.4. The number of carbonyl (C=O) groups excluding carboxylic acids is 4. The lowest BCUT2D eigenvalue weighted by molar-refractivity contribution is -0.124. The van der Waals surface area contributed by atoms with Gasteiger partial charge in [0.25, 0.3) is 0 Å². The van der Waals surface area contributed by atoms with E-state index in [-0.39, 0.29) is 71.0 Å². The topological polar surface area (TPSA) is 74.8 Å². The number of hydrogen-bond acceptors (Lipinski definition) is 4. The van der Waals surface area contributed by atoms with Gasteiger partial charge in [0.2, 0.25) is 23.6 Å². The Labute approximate surface area is 213 Å². The van der Waals surface area contributed by atoms with Crippen LogP contribution in [0.4, 0.5) is 11.4 Å². The average molecular weight is 489 g/mol. The van der Waals surface area contributed by atoms with Gasteiger partial charge in [0.1, 0.15) is 0 Å². The third-order valence-corrected chi connectivity index (χ3v) is 10.3. The zero-order valence-corrected chi connectivity index (χ0v) is 20.0. The molecular formula is C31H24N2O4. The number of rotatable bonds is 2. The van der Waals surface area contributed by atoms with Crippen molar-refractivity contribution >= 4 is 35.0 Å². The van der Waals surface area contributed by atoms with Crippen molar-refractivity contribution in [2.45, 2.75) is 19.3 Å². The number of hydrogen-bond donors (Lipinski definition) is 0. The Morgan fingerprint density at radius 3 is 1.22 bits per heavy atom. The molecule has 2 aromatic rings. The number of benzene rings is 2. The summed E-state index contributed by atoms with van der Waals surface area (Å²) in [6, 6.07) is 11.7. The van der Waals surface area contributed by atoms with Gasteiger partial charge in [0.05, 0.1) is 35.0 Å². The van der Waals surface area contributed by atoms with E-state index < -0.39 is 0 Å². The van der Waals surface area contributed by atoms with Crippen molar-refractivity contribution in [3.05, 3.63) is 71.8 Å². The number of allylic oxidation sites excluding steroid dienone is 4. The van der Waals surface area contributed by atoms with Crippen LogP contribution in [0.25, 0.3) is 11.1 Å². The van der Waals surface area contributed by atoms with Gasteiger partial charge in [-0.05, 0) is 89.5 Å². The predicted octanol–water partition coefficient (Wildman–Crippen LogP) is 3.88. The first kappa shape index (κ1) is 20.3. The van der Waals surface area contributed by atoms with Crippen LogP contribution < -0.4 is 9.80 Å². The maximum atomic E-state index is 13.4. The van der Waals surface area contributed by atoms with Crippen molar-refractivity contribution in [3.63, 3.8) is 0 Å². The molecule has 8 unspecified atom stereocenters. The molecular weight excluding hydrogens is 464 g/mol. The normalized spacial score (nSPS) is 37.3. The standard InChI is InChI=1S/C31H24N2O4/c34-28-24-16-1-2-17(10-16)25(24)29(35)32(28)20-7-5-14-9-15-6-8-21(13-23(15)22(14)12-20)33-30(36)26-18-3-4-19(11-18)27(26)31(33)37/h1-8,12-13,16-19,24-27H,9-11H2. The summed E-state index contributed by atoms with van der Waals surface area (Å²) in [5, 5.41) is 0. The molecule has 0 spiro atoms. The summed E-state index contributed by atoms with van der Waals surface area (Å²) >= 11 is 0. The largest absolute Gasteiger partial charge is 0.274 e. The van der Waals surface area contributed by atoms with Crippen LogP contribution in [0.2, 0.25) is 0 Å². The second kappa shape index (κ2) is 6.55. The predicted molar refractivity (Wildman–Crippen MR) is 135 cm³/mol. The number of imide groups is 2. The van der Waals surface area contributed by atoms with Crippen LogP contribution in [-0.4, -0.2) is 23.6 Å². The molecule has 2 saturated carbocycles. The van der Waals surface area contributed by atoms with Crippen LogP contribution in [0.5, 0.6) is 0 Å². The lowest BCUT2D eigenvalue weighted by atomic mass is 9.85. The highest BCUT2D eigenvalue weighted by atomic mass is 16.2.